The van der Waals surface area contributed by atoms with Gasteiger partial charge < -0.3 is 9.88 Å². The number of hydrogen-bond donors (Lipinski definition) is 1. The Kier molecular flexibility index (Phi) is 4.73. The molecular weight excluding hydrogens is 356 g/mol. The van der Waals surface area contributed by atoms with Gasteiger partial charge in [0.1, 0.15) is 16.5 Å². The lowest BCUT2D eigenvalue weighted by molar-refractivity contribution is 0.0945. The maximum atomic E-state index is 12.5. The van der Waals surface area contributed by atoms with Crippen LogP contribution in [0.4, 0.5) is 0 Å². The molecule has 2 aromatic carbocycles. The normalized spacial score (nSPS) is 11.0. The predicted octanol–water partition coefficient (Wildman–Crippen LogP) is 4.42. The first-order chi connectivity index (χ1) is 13.2. The monoisotopic (exact) mass is 376 g/mol. The maximum absolute atomic E-state index is 12.5. The summed E-state index contributed by atoms with van der Waals surface area (Å²) in [6, 6.07) is 16.2. The molecule has 0 saturated carbocycles. The van der Waals surface area contributed by atoms with Gasteiger partial charge in [0.2, 0.25) is 0 Å². The first-order valence-corrected chi connectivity index (χ1v) is 9.78. The van der Waals surface area contributed by atoms with Crippen LogP contribution in [0.3, 0.4) is 0 Å². The summed E-state index contributed by atoms with van der Waals surface area (Å²) in [7, 11) is 0. The van der Waals surface area contributed by atoms with Crippen molar-refractivity contribution >= 4 is 28.3 Å². The van der Waals surface area contributed by atoms with E-state index in [-0.39, 0.29) is 5.91 Å². The average molecular weight is 376 g/mol. The van der Waals surface area contributed by atoms with Crippen LogP contribution in [0.25, 0.3) is 21.6 Å². The van der Waals surface area contributed by atoms with Crippen LogP contribution >= 0.6 is 11.3 Å². The zero-order chi connectivity index (χ0) is 18.8. The number of carbonyl (C=O) groups excluding carboxylic acids is 1. The van der Waals surface area contributed by atoms with Gasteiger partial charge in [0.05, 0.1) is 17.6 Å². The minimum Gasteiger partial charge on any atom is -0.343 e. The van der Waals surface area contributed by atoms with Gasteiger partial charge in [0.25, 0.3) is 5.91 Å². The second-order valence-electron chi connectivity index (χ2n) is 6.35. The Balaban J connectivity index is 1.49. The van der Waals surface area contributed by atoms with Gasteiger partial charge >= 0.3 is 0 Å². The van der Waals surface area contributed by atoms with Crippen molar-refractivity contribution in [1.82, 2.24) is 19.9 Å². The molecule has 2 aromatic heterocycles. The molecule has 0 unspecified atom stereocenters. The van der Waals surface area contributed by atoms with Crippen LogP contribution in [0.1, 0.15) is 28.8 Å². The third-order valence-corrected chi connectivity index (χ3v) is 5.38. The molecule has 0 aliphatic carbocycles. The molecular formula is C21H20N4OS. The van der Waals surface area contributed by atoms with Crippen molar-refractivity contribution in [2.24, 2.45) is 0 Å². The molecule has 0 atom stereocenters. The molecule has 4 aromatic rings. The number of amides is 1. The van der Waals surface area contributed by atoms with Gasteiger partial charge in [-0.1, -0.05) is 42.0 Å². The fourth-order valence-corrected chi connectivity index (χ4v) is 3.88. The second kappa shape index (κ2) is 7.32. The number of nitrogens with zero attached hydrogens (tertiary/aromatic N) is 3. The topological polar surface area (TPSA) is 59.8 Å². The van der Waals surface area contributed by atoms with Gasteiger partial charge in [0.15, 0.2) is 0 Å². The van der Waals surface area contributed by atoms with Crippen molar-refractivity contribution in [2.75, 3.05) is 0 Å². The van der Waals surface area contributed by atoms with E-state index in [9.17, 15) is 4.79 Å². The highest BCUT2D eigenvalue weighted by molar-refractivity contribution is 7.13. The lowest BCUT2D eigenvalue weighted by atomic mass is 10.2. The average Bonchev–Trinajstić information content (AvgIpc) is 3.31. The number of nitrogens with one attached hydrogen (secondary N) is 1. The van der Waals surface area contributed by atoms with Crippen molar-refractivity contribution in [3.05, 3.63) is 71.0 Å². The van der Waals surface area contributed by atoms with Crippen molar-refractivity contribution in [2.45, 2.75) is 26.9 Å². The fraction of sp³-hybridized carbons (Fsp3) is 0.190. The highest BCUT2D eigenvalue weighted by atomic mass is 32.1. The van der Waals surface area contributed by atoms with Crippen molar-refractivity contribution < 1.29 is 4.79 Å². The van der Waals surface area contributed by atoms with E-state index in [2.05, 4.69) is 26.8 Å². The van der Waals surface area contributed by atoms with Crippen molar-refractivity contribution in [3.63, 3.8) is 0 Å². The van der Waals surface area contributed by atoms with Crippen LogP contribution in [0, 0.1) is 6.92 Å². The molecule has 0 spiro atoms. The number of para-hydroxylation sites is 2. The number of rotatable bonds is 5. The first-order valence-electron chi connectivity index (χ1n) is 8.90. The summed E-state index contributed by atoms with van der Waals surface area (Å²) in [6.07, 6.45) is 0. The summed E-state index contributed by atoms with van der Waals surface area (Å²) in [5, 5.41) is 5.59. The van der Waals surface area contributed by atoms with Crippen LogP contribution in [0.15, 0.2) is 53.9 Å². The molecule has 0 aliphatic rings. The molecule has 1 N–H and O–H groups in total. The number of imidazole rings is 1. The molecule has 2 heterocycles. The Bertz CT molecular complexity index is 1100. The largest absolute Gasteiger partial charge is 0.343 e. The summed E-state index contributed by atoms with van der Waals surface area (Å²) in [5.74, 6) is 0.667. The Labute approximate surface area is 161 Å². The van der Waals surface area contributed by atoms with Crippen molar-refractivity contribution in [1.29, 1.82) is 0 Å². The van der Waals surface area contributed by atoms with E-state index < -0.39 is 0 Å². The predicted molar refractivity (Wildman–Crippen MR) is 109 cm³/mol. The van der Waals surface area contributed by atoms with Gasteiger partial charge in [-0.15, -0.1) is 11.3 Å². The number of carbonyl (C=O) groups is 1. The van der Waals surface area contributed by atoms with Crippen molar-refractivity contribution in [3.8, 4) is 10.6 Å². The van der Waals surface area contributed by atoms with E-state index in [1.807, 2.05) is 55.5 Å². The molecule has 27 heavy (non-hydrogen) atoms. The molecule has 0 fully saturated rings. The molecule has 0 aliphatic heterocycles. The molecule has 4 rings (SSSR count). The van der Waals surface area contributed by atoms with Crippen LogP contribution in [-0.4, -0.2) is 20.4 Å². The van der Waals surface area contributed by atoms with Gasteiger partial charge in [-0.05, 0) is 26.0 Å². The Morgan fingerprint density at radius 1 is 1.11 bits per heavy atom. The minimum atomic E-state index is -0.181. The summed E-state index contributed by atoms with van der Waals surface area (Å²) < 4.78 is 2.12. The Hall–Kier alpha value is -2.99. The third-order valence-electron chi connectivity index (χ3n) is 4.49. The van der Waals surface area contributed by atoms with E-state index in [4.69, 9.17) is 0 Å². The van der Waals surface area contributed by atoms with Gasteiger partial charge in [-0.2, -0.15) is 0 Å². The van der Waals surface area contributed by atoms with Crippen LogP contribution in [0.5, 0.6) is 0 Å². The fourth-order valence-electron chi connectivity index (χ4n) is 3.07. The Morgan fingerprint density at radius 3 is 2.67 bits per heavy atom. The number of benzene rings is 2. The number of aryl methyl sites for hydroxylation is 2. The molecule has 5 nitrogen and oxygen atoms in total. The van der Waals surface area contributed by atoms with Crippen LogP contribution < -0.4 is 5.32 Å². The molecule has 0 saturated heterocycles. The summed E-state index contributed by atoms with van der Waals surface area (Å²) >= 11 is 1.48. The number of hydrogen-bond acceptors (Lipinski definition) is 4. The van der Waals surface area contributed by atoms with Gasteiger partial charge in [0, 0.05) is 17.5 Å². The smallest absolute Gasteiger partial charge is 0.271 e. The summed E-state index contributed by atoms with van der Waals surface area (Å²) in [4.78, 5) is 21.7. The van der Waals surface area contributed by atoms with E-state index in [1.165, 1.54) is 16.9 Å². The van der Waals surface area contributed by atoms with E-state index in [0.29, 0.717) is 12.2 Å². The lowest BCUT2D eigenvalue weighted by Crippen LogP contribution is -2.25. The van der Waals surface area contributed by atoms with E-state index in [0.717, 1.165) is 34.0 Å². The molecule has 136 valence electrons. The molecule has 6 heteroatoms. The first kappa shape index (κ1) is 17.4. The highest BCUT2D eigenvalue weighted by Crippen LogP contribution is 2.24. The number of thiazole rings is 1. The molecule has 1 amide bonds. The van der Waals surface area contributed by atoms with Gasteiger partial charge in [-0.3, -0.25) is 4.79 Å². The lowest BCUT2D eigenvalue weighted by Gasteiger charge is -2.06. The molecule has 0 bridgehead atoms. The zero-order valence-electron chi connectivity index (χ0n) is 15.3. The van der Waals surface area contributed by atoms with Gasteiger partial charge in [-0.25, -0.2) is 9.97 Å². The summed E-state index contributed by atoms with van der Waals surface area (Å²) in [6.45, 7) is 5.31. The SMILES string of the molecule is CCn1c(CNC(=O)c2csc(-c3ccc(C)cc3)n2)nc2ccccc21. The zero-order valence-corrected chi connectivity index (χ0v) is 16.1. The highest BCUT2D eigenvalue weighted by Gasteiger charge is 2.14. The Morgan fingerprint density at radius 2 is 1.89 bits per heavy atom. The third kappa shape index (κ3) is 3.48. The minimum absolute atomic E-state index is 0.181. The standard InChI is InChI=1S/C21H20N4OS/c1-3-25-18-7-5-4-6-16(18)23-19(25)12-22-20(26)17-13-27-21(24-17)15-10-8-14(2)9-11-15/h4-11,13H,3,12H2,1-2H3,(H,22,26). The van der Waals surface area contributed by atoms with Crippen LogP contribution in [-0.2, 0) is 13.1 Å². The second-order valence-corrected chi connectivity index (χ2v) is 7.21. The maximum Gasteiger partial charge on any atom is 0.271 e. The quantitative estimate of drug-likeness (QED) is 0.561. The molecule has 0 radical (unpaired) electrons. The summed E-state index contributed by atoms with van der Waals surface area (Å²) in [5.41, 5.74) is 4.69. The number of fused-ring (bicyclic) bond motifs is 1. The number of aromatic nitrogens is 3. The van der Waals surface area contributed by atoms with Crippen LogP contribution in [0.2, 0.25) is 0 Å². The van der Waals surface area contributed by atoms with E-state index >= 15 is 0 Å². The van der Waals surface area contributed by atoms with E-state index in [1.54, 1.807) is 5.38 Å².